The number of hydrogen-bond acceptors (Lipinski definition) is 3. The van der Waals surface area contributed by atoms with E-state index in [2.05, 4.69) is 4.98 Å². The van der Waals surface area contributed by atoms with Crippen molar-refractivity contribution >= 4 is 11.4 Å². The van der Waals surface area contributed by atoms with E-state index in [4.69, 9.17) is 9.73 Å². The van der Waals surface area contributed by atoms with Gasteiger partial charge in [-0.3, -0.25) is 9.39 Å². The lowest BCUT2D eigenvalue weighted by Crippen LogP contribution is -2.47. The number of fused-ring (bicyclic) bond motifs is 2. The minimum absolute atomic E-state index is 0.195. The second-order valence-corrected chi connectivity index (χ2v) is 7.75. The largest absolute Gasteiger partial charge is 0.495 e. The quantitative estimate of drug-likeness (QED) is 0.687. The fourth-order valence-corrected chi connectivity index (χ4v) is 3.59. The molecule has 0 fully saturated rings. The Morgan fingerprint density at radius 1 is 1.08 bits per heavy atom. The van der Waals surface area contributed by atoms with Crippen molar-refractivity contribution in [1.29, 1.82) is 0 Å². The molecule has 0 radical (unpaired) electrons. The van der Waals surface area contributed by atoms with E-state index in [1.807, 2.05) is 56.5 Å². The molecule has 0 aliphatic carbocycles. The number of hydrogen-bond donors (Lipinski definition) is 0. The summed E-state index contributed by atoms with van der Waals surface area (Å²) >= 11 is 0. The molecule has 0 saturated carbocycles. The van der Waals surface area contributed by atoms with Crippen molar-refractivity contribution < 1.29 is 9.13 Å². The van der Waals surface area contributed by atoms with Crippen molar-refractivity contribution in [3.8, 4) is 5.75 Å². The van der Waals surface area contributed by atoms with Crippen molar-refractivity contribution in [2.75, 3.05) is 7.11 Å². The third-order valence-electron chi connectivity index (χ3n) is 5.77. The van der Waals surface area contributed by atoms with Crippen molar-refractivity contribution in [2.24, 2.45) is 4.99 Å². The first kappa shape index (κ1) is 16.8. The predicted molar refractivity (Wildman–Crippen MR) is 101 cm³/mol. The smallest absolute Gasteiger partial charge is 0.137 e. The summed E-state index contributed by atoms with van der Waals surface area (Å²) < 4.78 is 22.2. The molecule has 1 aromatic carbocycles. The molecule has 0 amide bonds. The van der Waals surface area contributed by atoms with E-state index < -0.39 is 11.0 Å². The van der Waals surface area contributed by atoms with Crippen LogP contribution in [0.1, 0.15) is 44.5 Å². The van der Waals surface area contributed by atoms with Crippen molar-refractivity contribution in [1.82, 2.24) is 9.38 Å². The summed E-state index contributed by atoms with van der Waals surface area (Å²) in [6.45, 7) is 8.19. The van der Waals surface area contributed by atoms with E-state index >= 15 is 0 Å². The number of aromatic nitrogens is 2. The van der Waals surface area contributed by atoms with Crippen LogP contribution in [0.4, 0.5) is 4.39 Å². The molecule has 3 heterocycles. The number of imidazole rings is 1. The van der Waals surface area contributed by atoms with Gasteiger partial charge in [-0.05, 0) is 32.0 Å². The van der Waals surface area contributed by atoms with Gasteiger partial charge in [0.15, 0.2) is 0 Å². The lowest BCUT2D eigenvalue weighted by Gasteiger charge is -2.44. The van der Waals surface area contributed by atoms with Gasteiger partial charge in [-0.1, -0.05) is 26.0 Å². The van der Waals surface area contributed by atoms with Crippen molar-refractivity contribution in [2.45, 2.75) is 38.6 Å². The third kappa shape index (κ3) is 2.19. The zero-order valence-corrected chi connectivity index (χ0v) is 15.7. The molecule has 134 valence electrons. The first-order valence-corrected chi connectivity index (χ1v) is 8.67. The molecular formula is C21H22FN3O. The average molecular weight is 351 g/mol. The Kier molecular flexibility index (Phi) is 3.48. The maximum absolute atomic E-state index is 14.9. The summed E-state index contributed by atoms with van der Waals surface area (Å²) in [5, 5.41) is 0. The lowest BCUT2D eigenvalue weighted by atomic mass is 9.66. The molecule has 4 nitrogen and oxygen atoms in total. The molecule has 0 N–H and O–H groups in total. The summed E-state index contributed by atoms with van der Waals surface area (Å²) in [6.07, 6.45) is 3.67. The maximum Gasteiger partial charge on any atom is 0.137 e. The molecule has 26 heavy (non-hydrogen) atoms. The fraction of sp³-hybridized carbons (Fsp3) is 0.333. The fourth-order valence-electron chi connectivity index (χ4n) is 3.59. The molecular weight excluding hydrogens is 329 g/mol. The lowest BCUT2D eigenvalue weighted by molar-refractivity contribution is 0.293. The van der Waals surface area contributed by atoms with Crippen LogP contribution >= 0.6 is 0 Å². The van der Waals surface area contributed by atoms with Crippen LogP contribution < -0.4 is 4.74 Å². The second-order valence-electron chi connectivity index (χ2n) is 7.75. The van der Waals surface area contributed by atoms with E-state index in [-0.39, 0.29) is 5.82 Å². The van der Waals surface area contributed by atoms with E-state index in [9.17, 15) is 4.39 Å². The van der Waals surface area contributed by atoms with Crippen LogP contribution in [0.5, 0.6) is 5.75 Å². The van der Waals surface area contributed by atoms with Crippen LogP contribution in [-0.2, 0) is 5.41 Å². The molecule has 4 rings (SSSR count). The molecule has 0 spiro atoms. The van der Waals surface area contributed by atoms with Gasteiger partial charge in [0.25, 0.3) is 0 Å². The minimum atomic E-state index is -0.472. The Bertz CT molecular complexity index is 1050. The normalized spacial score (nSPS) is 17.7. The Balaban J connectivity index is 2.04. The predicted octanol–water partition coefficient (Wildman–Crippen LogP) is 4.39. The molecule has 0 atom stereocenters. The molecule has 1 aliphatic rings. The topological polar surface area (TPSA) is 38.9 Å². The van der Waals surface area contributed by atoms with Gasteiger partial charge in [0.1, 0.15) is 17.2 Å². The van der Waals surface area contributed by atoms with Crippen molar-refractivity contribution in [3.63, 3.8) is 0 Å². The van der Waals surface area contributed by atoms with E-state index in [0.717, 1.165) is 28.4 Å². The zero-order chi connectivity index (χ0) is 18.7. The van der Waals surface area contributed by atoms with Crippen LogP contribution in [0.15, 0.2) is 47.7 Å². The monoisotopic (exact) mass is 351 g/mol. The Hall–Kier alpha value is -2.69. The van der Waals surface area contributed by atoms with E-state index in [1.165, 1.54) is 6.07 Å². The summed E-state index contributed by atoms with van der Waals surface area (Å²) in [5.74, 6) is 0.534. The summed E-state index contributed by atoms with van der Waals surface area (Å²) in [6, 6.07) is 8.97. The summed E-state index contributed by atoms with van der Waals surface area (Å²) in [4.78, 5) is 9.53. The molecule has 2 aromatic heterocycles. The highest BCUT2D eigenvalue weighted by Gasteiger charge is 2.45. The SMILES string of the molecule is COc1ccc2ncc(C3=NC(C)(C)C(C)(C)c4c(F)cccc43)n2c1. The van der Waals surface area contributed by atoms with Crippen LogP contribution in [-0.4, -0.2) is 27.7 Å². The number of pyridine rings is 1. The number of halogens is 1. The number of aliphatic imine (C=N–C) groups is 1. The molecule has 5 heteroatoms. The standard InChI is InChI=1S/C21H22FN3O/c1-20(2)18-14(7-6-8-15(18)22)19(24-21(20,3)4)16-11-23-17-10-9-13(26-5)12-25(16)17/h6-12H,1-5H3. The first-order chi connectivity index (χ1) is 12.3. The van der Waals surface area contributed by atoms with Gasteiger partial charge in [-0.15, -0.1) is 0 Å². The Morgan fingerprint density at radius 2 is 1.85 bits per heavy atom. The molecule has 0 unspecified atom stereocenters. The Labute approximate surface area is 152 Å². The zero-order valence-electron chi connectivity index (χ0n) is 15.7. The van der Waals surface area contributed by atoms with Crippen molar-refractivity contribution in [3.05, 3.63) is 65.4 Å². The van der Waals surface area contributed by atoms with Crippen LogP contribution in [0.2, 0.25) is 0 Å². The highest BCUT2D eigenvalue weighted by atomic mass is 19.1. The molecule has 1 aliphatic heterocycles. The van der Waals surface area contributed by atoms with Gasteiger partial charge in [0.2, 0.25) is 0 Å². The molecule has 3 aromatic rings. The highest BCUT2D eigenvalue weighted by Crippen LogP contribution is 2.45. The third-order valence-corrected chi connectivity index (χ3v) is 5.77. The number of nitrogens with zero attached hydrogens (tertiary/aromatic N) is 3. The first-order valence-electron chi connectivity index (χ1n) is 8.67. The number of ether oxygens (including phenoxy) is 1. The van der Waals surface area contributed by atoms with Gasteiger partial charge in [-0.25, -0.2) is 9.37 Å². The summed E-state index contributed by atoms with van der Waals surface area (Å²) in [5.41, 5.74) is 2.99. The number of benzene rings is 1. The van der Waals surface area contributed by atoms with Gasteiger partial charge in [0.05, 0.1) is 36.4 Å². The second kappa shape index (κ2) is 5.40. The van der Waals surface area contributed by atoms with Gasteiger partial charge < -0.3 is 4.74 Å². The van der Waals surface area contributed by atoms with Gasteiger partial charge in [-0.2, -0.15) is 0 Å². The molecule has 0 saturated heterocycles. The highest BCUT2D eigenvalue weighted by molar-refractivity contribution is 6.14. The van der Waals surface area contributed by atoms with Gasteiger partial charge in [0, 0.05) is 16.5 Å². The minimum Gasteiger partial charge on any atom is -0.495 e. The molecule has 0 bridgehead atoms. The number of rotatable bonds is 2. The van der Waals surface area contributed by atoms with Gasteiger partial charge >= 0.3 is 0 Å². The van der Waals surface area contributed by atoms with E-state index in [0.29, 0.717) is 5.56 Å². The average Bonchev–Trinajstić information content (AvgIpc) is 3.01. The number of methoxy groups -OCH3 is 1. The maximum atomic E-state index is 14.9. The van der Waals surface area contributed by atoms with Crippen LogP contribution in [0, 0.1) is 5.82 Å². The Morgan fingerprint density at radius 3 is 2.58 bits per heavy atom. The van der Waals surface area contributed by atoms with Crippen LogP contribution in [0.25, 0.3) is 5.65 Å². The summed E-state index contributed by atoms with van der Waals surface area (Å²) in [7, 11) is 1.63. The van der Waals surface area contributed by atoms with E-state index in [1.54, 1.807) is 19.4 Å². The van der Waals surface area contributed by atoms with Crippen LogP contribution in [0.3, 0.4) is 0 Å².